The highest BCUT2D eigenvalue weighted by molar-refractivity contribution is 7.17. The predicted octanol–water partition coefficient (Wildman–Crippen LogP) is 0.887. The number of carbonyl (C=O) groups excluding carboxylic acids is 1. The molecule has 1 unspecified atom stereocenters. The number of hydrogen-bond donors (Lipinski definition) is 1. The summed E-state index contributed by atoms with van der Waals surface area (Å²) in [7, 11) is 0. The van der Waals surface area contributed by atoms with Gasteiger partial charge in [-0.05, 0) is 13.0 Å². The SMILES string of the molecule is CC(C(=O)O)N1CCN(C(=O)c2ccc([N+](=O)[O-])s2)CC1. The fraction of sp³-hybridized carbons (Fsp3) is 0.500. The Balaban J connectivity index is 1.96. The zero-order chi connectivity index (χ0) is 15.6. The van der Waals surface area contributed by atoms with Crippen molar-refractivity contribution in [3.8, 4) is 0 Å². The van der Waals surface area contributed by atoms with Gasteiger partial charge in [-0.1, -0.05) is 11.3 Å². The molecule has 1 atom stereocenters. The average Bonchev–Trinajstić information content (AvgIpc) is 2.96. The lowest BCUT2D eigenvalue weighted by molar-refractivity contribution is -0.380. The molecule has 1 N–H and O–H groups in total. The van der Waals surface area contributed by atoms with Gasteiger partial charge in [0, 0.05) is 32.2 Å². The molecule has 21 heavy (non-hydrogen) atoms. The average molecular weight is 313 g/mol. The molecule has 1 aromatic heterocycles. The van der Waals surface area contributed by atoms with Crippen molar-refractivity contribution in [2.75, 3.05) is 26.2 Å². The van der Waals surface area contributed by atoms with Crippen LogP contribution in [0.4, 0.5) is 5.00 Å². The normalized spacial score (nSPS) is 17.5. The Hall–Kier alpha value is -2.00. The van der Waals surface area contributed by atoms with Gasteiger partial charge in [-0.15, -0.1) is 0 Å². The molecule has 8 nitrogen and oxygen atoms in total. The van der Waals surface area contributed by atoms with E-state index in [4.69, 9.17) is 5.11 Å². The zero-order valence-electron chi connectivity index (χ0n) is 11.4. The summed E-state index contributed by atoms with van der Waals surface area (Å²) in [5, 5.41) is 19.5. The molecule has 0 aromatic carbocycles. The molecule has 0 aliphatic carbocycles. The van der Waals surface area contributed by atoms with Crippen LogP contribution in [-0.4, -0.2) is 63.9 Å². The number of rotatable bonds is 4. The molecule has 0 spiro atoms. The van der Waals surface area contributed by atoms with Gasteiger partial charge >= 0.3 is 11.0 Å². The van der Waals surface area contributed by atoms with Crippen LogP contribution in [0.2, 0.25) is 0 Å². The first-order valence-corrected chi connectivity index (χ1v) is 7.22. The van der Waals surface area contributed by atoms with Crippen LogP contribution in [-0.2, 0) is 4.79 Å². The zero-order valence-corrected chi connectivity index (χ0v) is 12.2. The van der Waals surface area contributed by atoms with E-state index in [1.807, 2.05) is 0 Å². The first-order chi connectivity index (χ1) is 9.90. The maximum absolute atomic E-state index is 12.2. The minimum absolute atomic E-state index is 0.0588. The van der Waals surface area contributed by atoms with Crippen LogP contribution in [0.3, 0.4) is 0 Å². The van der Waals surface area contributed by atoms with Crippen LogP contribution in [0, 0.1) is 10.1 Å². The molecule has 1 amide bonds. The maximum Gasteiger partial charge on any atom is 0.324 e. The number of amides is 1. The summed E-state index contributed by atoms with van der Waals surface area (Å²) in [4.78, 5) is 37.0. The molecule has 1 aliphatic heterocycles. The molecule has 0 saturated carbocycles. The van der Waals surface area contributed by atoms with Crippen molar-refractivity contribution in [1.82, 2.24) is 9.80 Å². The molecule has 1 aromatic rings. The third kappa shape index (κ3) is 3.37. The summed E-state index contributed by atoms with van der Waals surface area (Å²) in [5.41, 5.74) is 0. The van der Waals surface area contributed by atoms with Crippen molar-refractivity contribution in [3.63, 3.8) is 0 Å². The molecular weight excluding hydrogens is 298 g/mol. The van der Waals surface area contributed by atoms with Gasteiger partial charge in [-0.25, -0.2) is 0 Å². The molecule has 0 radical (unpaired) electrons. The number of thiophene rings is 1. The molecule has 1 fully saturated rings. The Morgan fingerprint density at radius 1 is 1.33 bits per heavy atom. The third-order valence-corrected chi connectivity index (χ3v) is 4.51. The number of nitrogens with zero attached hydrogens (tertiary/aromatic N) is 3. The van der Waals surface area contributed by atoms with Gasteiger partial charge in [0.05, 0.1) is 9.80 Å². The van der Waals surface area contributed by atoms with Gasteiger partial charge in [0.1, 0.15) is 6.04 Å². The molecule has 1 saturated heterocycles. The summed E-state index contributed by atoms with van der Waals surface area (Å²) in [5.74, 6) is -1.13. The van der Waals surface area contributed by atoms with Crippen LogP contribution >= 0.6 is 11.3 Å². The summed E-state index contributed by atoms with van der Waals surface area (Å²) in [6, 6.07) is 2.20. The fourth-order valence-corrected chi connectivity index (χ4v) is 2.95. The Kier molecular flexibility index (Phi) is 4.53. The Bertz CT molecular complexity index is 565. The van der Waals surface area contributed by atoms with E-state index >= 15 is 0 Å². The highest BCUT2D eigenvalue weighted by Crippen LogP contribution is 2.25. The van der Waals surface area contributed by atoms with E-state index < -0.39 is 16.9 Å². The number of carboxylic acid groups (broad SMARTS) is 1. The summed E-state index contributed by atoms with van der Waals surface area (Å²) in [6.07, 6.45) is 0. The van der Waals surface area contributed by atoms with Crippen molar-refractivity contribution in [3.05, 3.63) is 27.1 Å². The topological polar surface area (TPSA) is 104 Å². The van der Waals surface area contributed by atoms with Crippen molar-refractivity contribution in [1.29, 1.82) is 0 Å². The number of carbonyl (C=O) groups is 2. The van der Waals surface area contributed by atoms with E-state index in [-0.39, 0.29) is 10.9 Å². The monoisotopic (exact) mass is 313 g/mol. The second-order valence-corrected chi connectivity index (χ2v) is 5.80. The number of aliphatic carboxylic acids is 1. The minimum Gasteiger partial charge on any atom is -0.480 e. The quantitative estimate of drug-likeness (QED) is 0.654. The molecule has 1 aliphatic rings. The van der Waals surface area contributed by atoms with Crippen molar-refractivity contribution < 1.29 is 19.6 Å². The smallest absolute Gasteiger partial charge is 0.324 e. The van der Waals surface area contributed by atoms with E-state index in [1.165, 1.54) is 12.1 Å². The lowest BCUT2D eigenvalue weighted by atomic mass is 10.2. The van der Waals surface area contributed by atoms with E-state index in [2.05, 4.69) is 0 Å². The Morgan fingerprint density at radius 3 is 2.43 bits per heavy atom. The lowest BCUT2D eigenvalue weighted by Gasteiger charge is -2.36. The molecule has 114 valence electrons. The molecule has 9 heteroatoms. The largest absolute Gasteiger partial charge is 0.480 e. The second-order valence-electron chi connectivity index (χ2n) is 4.74. The van der Waals surface area contributed by atoms with Crippen LogP contribution < -0.4 is 0 Å². The van der Waals surface area contributed by atoms with Crippen LogP contribution in [0.1, 0.15) is 16.6 Å². The second kappa shape index (κ2) is 6.19. The molecule has 2 heterocycles. The standard InChI is InChI=1S/C12H15N3O5S/c1-8(12(17)18)13-4-6-14(7-5-13)11(16)9-2-3-10(21-9)15(19)20/h2-3,8H,4-7H2,1H3,(H,17,18). The summed E-state index contributed by atoms with van der Waals surface area (Å²) < 4.78 is 0. The van der Waals surface area contributed by atoms with Crippen LogP contribution in [0.15, 0.2) is 12.1 Å². The molecule has 0 bridgehead atoms. The minimum atomic E-state index is -0.886. The van der Waals surface area contributed by atoms with E-state index in [0.717, 1.165) is 11.3 Å². The number of piperazine rings is 1. The first kappa shape index (κ1) is 15.4. The third-order valence-electron chi connectivity index (χ3n) is 3.49. The molecular formula is C12H15N3O5S. The van der Waals surface area contributed by atoms with Crippen LogP contribution in [0.25, 0.3) is 0 Å². The van der Waals surface area contributed by atoms with Gasteiger partial charge in [-0.2, -0.15) is 0 Å². The highest BCUT2D eigenvalue weighted by atomic mass is 32.1. The fourth-order valence-electron chi connectivity index (χ4n) is 2.17. The number of nitro groups is 1. The number of hydrogen-bond acceptors (Lipinski definition) is 6. The number of carboxylic acids is 1. The van der Waals surface area contributed by atoms with E-state index in [0.29, 0.717) is 31.1 Å². The molecule has 2 rings (SSSR count). The lowest BCUT2D eigenvalue weighted by Crippen LogP contribution is -2.53. The van der Waals surface area contributed by atoms with Gasteiger partial charge in [0.15, 0.2) is 0 Å². The highest BCUT2D eigenvalue weighted by Gasteiger charge is 2.28. The Morgan fingerprint density at radius 2 is 1.95 bits per heavy atom. The van der Waals surface area contributed by atoms with Crippen molar-refractivity contribution >= 4 is 28.2 Å². The van der Waals surface area contributed by atoms with Crippen molar-refractivity contribution in [2.24, 2.45) is 0 Å². The van der Waals surface area contributed by atoms with Crippen molar-refractivity contribution in [2.45, 2.75) is 13.0 Å². The van der Waals surface area contributed by atoms with Gasteiger partial charge in [0.25, 0.3) is 5.91 Å². The summed E-state index contributed by atoms with van der Waals surface area (Å²) in [6.45, 7) is 3.41. The first-order valence-electron chi connectivity index (χ1n) is 6.40. The van der Waals surface area contributed by atoms with Gasteiger partial charge in [-0.3, -0.25) is 24.6 Å². The summed E-state index contributed by atoms with van der Waals surface area (Å²) >= 11 is 0.857. The Labute approximate surface area is 124 Å². The predicted molar refractivity (Wildman–Crippen MR) is 75.5 cm³/mol. The van der Waals surface area contributed by atoms with Gasteiger partial charge in [0.2, 0.25) is 0 Å². The van der Waals surface area contributed by atoms with E-state index in [1.54, 1.807) is 16.7 Å². The van der Waals surface area contributed by atoms with E-state index in [9.17, 15) is 19.7 Å². The van der Waals surface area contributed by atoms with Crippen LogP contribution in [0.5, 0.6) is 0 Å². The maximum atomic E-state index is 12.2. The van der Waals surface area contributed by atoms with Gasteiger partial charge < -0.3 is 10.0 Å².